The molecule has 5 rings (SSSR count). The summed E-state index contributed by atoms with van der Waals surface area (Å²) >= 11 is 0. The number of hydrogen-bond acceptors (Lipinski definition) is 8. The first-order valence-electron chi connectivity index (χ1n) is 12.6. The summed E-state index contributed by atoms with van der Waals surface area (Å²) in [5, 5.41) is 12.3. The van der Waals surface area contributed by atoms with Crippen LogP contribution in [0.15, 0.2) is 36.4 Å². The average molecular weight is 552 g/mol. The number of hydrogen-bond donors (Lipinski definition) is 1. The van der Waals surface area contributed by atoms with Crippen molar-refractivity contribution < 1.29 is 51.6 Å². The van der Waals surface area contributed by atoms with Gasteiger partial charge < -0.3 is 33.7 Å². The molecule has 210 valence electrons. The number of ketones is 1. The summed E-state index contributed by atoms with van der Waals surface area (Å²) in [5.41, 5.74) is -0.530. The Kier molecular flexibility index (Phi) is 7.00. The van der Waals surface area contributed by atoms with Crippen molar-refractivity contribution in [3.63, 3.8) is 0 Å². The van der Waals surface area contributed by atoms with Crippen LogP contribution in [0, 0.1) is 11.8 Å². The van der Waals surface area contributed by atoms with Gasteiger partial charge in [0, 0.05) is 19.0 Å². The van der Waals surface area contributed by atoms with E-state index in [1.165, 1.54) is 13.8 Å². The summed E-state index contributed by atoms with van der Waals surface area (Å²) in [7, 11) is 0. The summed E-state index contributed by atoms with van der Waals surface area (Å²) in [4.78, 5) is 25.9. The third-order valence-electron chi connectivity index (χ3n) is 7.31. The van der Waals surface area contributed by atoms with Gasteiger partial charge >= 0.3 is 12.3 Å². The van der Waals surface area contributed by atoms with Crippen molar-refractivity contribution >= 4 is 11.9 Å². The molecule has 1 amide bonds. The lowest BCUT2D eigenvalue weighted by atomic mass is 9.72. The number of halogens is 3. The van der Waals surface area contributed by atoms with Gasteiger partial charge in [-0.1, -0.05) is 26.0 Å². The van der Waals surface area contributed by atoms with Crippen LogP contribution in [0.5, 0.6) is 23.0 Å². The molecule has 1 saturated heterocycles. The molecular formula is C27H28F3NO8. The van der Waals surface area contributed by atoms with Crippen molar-refractivity contribution in [3.05, 3.63) is 47.5 Å². The lowest BCUT2D eigenvalue weighted by Gasteiger charge is -2.42. The minimum absolute atomic E-state index is 0.0152. The highest BCUT2D eigenvalue weighted by Crippen LogP contribution is 2.47. The van der Waals surface area contributed by atoms with Crippen LogP contribution in [0.1, 0.15) is 37.8 Å². The van der Waals surface area contributed by atoms with Crippen LogP contribution in [0.3, 0.4) is 0 Å². The highest BCUT2D eigenvalue weighted by Gasteiger charge is 2.50. The van der Waals surface area contributed by atoms with Crippen molar-refractivity contribution in [2.45, 2.75) is 44.6 Å². The molecule has 3 aliphatic rings. The summed E-state index contributed by atoms with van der Waals surface area (Å²) in [6, 6.07) is 10.2. The van der Waals surface area contributed by atoms with E-state index in [4.69, 9.17) is 18.9 Å². The monoisotopic (exact) mass is 551 g/mol. The van der Waals surface area contributed by atoms with Gasteiger partial charge in [0.05, 0.1) is 0 Å². The number of benzene rings is 2. The van der Waals surface area contributed by atoms with Gasteiger partial charge in [-0.2, -0.15) is 13.2 Å². The molecule has 0 aliphatic carbocycles. The molecule has 0 aromatic heterocycles. The van der Waals surface area contributed by atoms with Gasteiger partial charge in [0.15, 0.2) is 28.8 Å². The predicted molar refractivity (Wildman–Crippen MR) is 129 cm³/mol. The first-order valence-corrected chi connectivity index (χ1v) is 12.6. The molecule has 1 fully saturated rings. The van der Waals surface area contributed by atoms with Gasteiger partial charge in [-0.05, 0) is 54.2 Å². The largest absolute Gasteiger partial charge is 0.454 e. The maximum Gasteiger partial charge on any atom is 0.432 e. The molecule has 12 heteroatoms. The third-order valence-corrected chi connectivity index (χ3v) is 7.31. The lowest BCUT2D eigenvalue weighted by Crippen LogP contribution is -2.49. The Morgan fingerprint density at radius 2 is 1.38 bits per heavy atom. The highest BCUT2D eigenvalue weighted by atomic mass is 19.4. The SMILES string of the molecule is CC(C)C(=O)C(OC(=O)N1CCC(C(O)(c2ccc3c(c2)OCO3)c2ccc3c(c2)OCO3)CC1)C(F)(F)F. The van der Waals surface area contributed by atoms with Crippen molar-refractivity contribution in [3.8, 4) is 23.0 Å². The lowest BCUT2D eigenvalue weighted by molar-refractivity contribution is -0.207. The van der Waals surface area contributed by atoms with E-state index in [2.05, 4.69) is 4.74 Å². The Hall–Kier alpha value is -3.67. The molecule has 0 bridgehead atoms. The van der Waals surface area contributed by atoms with E-state index in [0.29, 0.717) is 34.1 Å². The standard InChI is InChI=1S/C27H28F3NO8/c1-15(2)23(32)24(27(28,29)30)39-25(33)31-9-7-16(8-10-31)26(34,17-3-5-19-21(11-17)37-13-35-19)18-4-6-20-22(12-18)38-14-36-20/h3-6,11-12,15-16,24,34H,7-10,13-14H2,1-2H3. The van der Waals surface area contributed by atoms with Crippen molar-refractivity contribution in [2.24, 2.45) is 11.8 Å². The minimum atomic E-state index is -5.02. The molecule has 39 heavy (non-hydrogen) atoms. The van der Waals surface area contributed by atoms with E-state index in [9.17, 15) is 27.9 Å². The Balaban J connectivity index is 1.38. The van der Waals surface area contributed by atoms with E-state index < -0.39 is 41.6 Å². The quantitative estimate of drug-likeness (QED) is 0.564. The van der Waals surface area contributed by atoms with E-state index in [1.54, 1.807) is 36.4 Å². The summed E-state index contributed by atoms with van der Waals surface area (Å²) in [6.45, 7) is 2.77. The highest BCUT2D eigenvalue weighted by molar-refractivity contribution is 5.87. The number of alkyl halides is 3. The molecule has 0 spiro atoms. The maximum atomic E-state index is 13.5. The van der Waals surface area contributed by atoms with Crippen LogP contribution < -0.4 is 18.9 Å². The van der Waals surface area contributed by atoms with Crippen molar-refractivity contribution in [1.82, 2.24) is 4.90 Å². The number of fused-ring (bicyclic) bond motifs is 2. The molecule has 0 saturated carbocycles. The smallest absolute Gasteiger partial charge is 0.432 e. The predicted octanol–water partition coefficient (Wildman–Crippen LogP) is 4.38. The van der Waals surface area contributed by atoms with E-state index in [-0.39, 0.29) is 39.5 Å². The molecule has 2 aromatic carbocycles. The Bertz CT molecular complexity index is 1200. The van der Waals surface area contributed by atoms with Gasteiger partial charge in [-0.25, -0.2) is 4.79 Å². The number of likely N-dealkylation sites (tertiary alicyclic amines) is 1. The first kappa shape index (κ1) is 26.9. The second-order valence-corrected chi connectivity index (χ2v) is 10.0. The fourth-order valence-electron chi connectivity index (χ4n) is 5.15. The van der Waals surface area contributed by atoms with E-state index in [1.807, 2.05) is 0 Å². The van der Waals surface area contributed by atoms with Gasteiger partial charge in [0.2, 0.25) is 13.6 Å². The zero-order chi connectivity index (χ0) is 27.9. The van der Waals surface area contributed by atoms with Crippen LogP contribution >= 0.6 is 0 Å². The van der Waals surface area contributed by atoms with E-state index in [0.717, 1.165) is 4.90 Å². The molecule has 2 aromatic rings. The number of aliphatic hydroxyl groups is 1. The van der Waals surface area contributed by atoms with Gasteiger partial charge in [-0.15, -0.1) is 0 Å². The normalized spacial score (nSPS) is 17.9. The van der Waals surface area contributed by atoms with Crippen molar-refractivity contribution in [2.75, 3.05) is 26.7 Å². The number of ether oxygens (including phenoxy) is 5. The topological polar surface area (TPSA) is 104 Å². The van der Waals surface area contributed by atoms with Crippen LogP contribution in [-0.4, -0.2) is 60.8 Å². The zero-order valence-electron chi connectivity index (χ0n) is 21.3. The fraction of sp³-hybridized carbons (Fsp3) is 0.481. The number of carbonyl (C=O) groups excluding carboxylic acids is 2. The average Bonchev–Trinajstić information content (AvgIpc) is 3.58. The summed E-state index contributed by atoms with van der Waals surface area (Å²) < 4.78 is 66.9. The van der Waals surface area contributed by atoms with Crippen molar-refractivity contribution in [1.29, 1.82) is 0 Å². The van der Waals surface area contributed by atoms with Gasteiger partial charge in [0.25, 0.3) is 6.10 Å². The molecule has 1 N–H and O–H groups in total. The number of amides is 1. The molecule has 3 heterocycles. The third kappa shape index (κ3) is 5.05. The zero-order valence-corrected chi connectivity index (χ0v) is 21.3. The minimum Gasteiger partial charge on any atom is -0.454 e. The Labute approximate surface area is 222 Å². The second-order valence-electron chi connectivity index (χ2n) is 10.0. The number of rotatable bonds is 6. The summed E-state index contributed by atoms with van der Waals surface area (Å²) in [5.74, 6) is -0.599. The molecule has 9 nitrogen and oxygen atoms in total. The number of nitrogens with zero attached hydrogens (tertiary/aromatic N) is 1. The second kappa shape index (κ2) is 10.1. The molecule has 0 radical (unpaired) electrons. The van der Waals surface area contributed by atoms with Gasteiger partial charge in [0.1, 0.15) is 5.60 Å². The molecule has 1 unspecified atom stereocenters. The number of carbonyl (C=O) groups is 2. The van der Waals surface area contributed by atoms with Gasteiger partial charge in [-0.3, -0.25) is 4.79 Å². The number of Topliss-reactive ketones (excluding diaryl/α,β-unsaturated/α-hetero) is 1. The van der Waals surface area contributed by atoms with E-state index >= 15 is 0 Å². The molecular weight excluding hydrogens is 523 g/mol. The molecule has 1 atom stereocenters. The summed E-state index contributed by atoms with van der Waals surface area (Å²) in [6.07, 6.45) is -8.60. The maximum absolute atomic E-state index is 13.5. The Morgan fingerprint density at radius 3 is 1.85 bits per heavy atom. The first-order chi connectivity index (χ1) is 18.5. The van der Waals surface area contributed by atoms with Crippen LogP contribution in [0.2, 0.25) is 0 Å². The Morgan fingerprint density at radius 1 is 0.897 bits per heavy atom. The fourth-order valence-corrected chi connectivity index (χ4v) is 5.15. The molecule has 3 aliphatic heterocycles. The van der Waals surface area contributed by atoms with Crippen LogP contribution in [-0.2, 0) is 15.1 Å². The number of piperidine rings is 1. The van der Waals surface area contributed by atoms with Crippen LogP contribution in [0.4, 0.5) is 18.0 Å². The van der Waals surface area contributed by atoms with Crippen LogP contribution in [0.25, 0.3) is 0 Å².